The SMILES string of the molecule is CC(C)(C)OC(=O)NCCCC[C@H](NC(=O)c1cccc(N=[N+]=[N-])c1)C(=O)COc1c(F)cccc1F. The van der Waals surface area contributed by atoms with E-state index < -0.39 is 53.4 Å². The minimum atomic E-state index is -1.05. The van der Waals surface area contributed by atoms with E-state index in [1.54, 1.807) is 20.8 Å². The topological polar surface area (TPSA) is 142 Å². The number of halogens is 2. The third-order valence-electron chi connectivity index (χ3n) is 4.83. The lowest BCUT2D eigenvalue weighted by Gasteiger charge is -2.20. The summed E-state index contributed by atoms with van der Waals surface area (Å²) >= 11 is 0. The van der Waals surface area contributed by atoms with Crippen molar-refractivity contribution >= 4 is 23.5 Å². The van der Waals surface area contributed by atoms with E-state index in [0.717, 1.165) is 18.2 Å². The first kappa shape index (κ1) is 29.1. The molecule has 2 N–H and O–H groups in total. The lowest BCUT2D eigenvalue weighted by atomic mass is 10.0. The number of amides is 2. The minimum Gasteiger partial charge on any atom is -0.480 e. The van der Waals surface area contributed by atoms with Gasteiger partial charge in [0.05, 0.1) is 6.04 Å². The van der Waals surface area contributed by atoms with E-state index in [1.165, 1.54) is 24.3 Å². The van der Waals surface area contributed by atoms with Crippen LogP contribution in [0.5, 0.6) is 5.75 Å². The smallest absolute Gasteiger partial charge is 0.407 e. The van der Waals surface area contributed by atoms with Gasteiger partial charge in [-0.25, -0.2) is 13.6 Å². The minimum absolute atomic E-state index is 0.148. The van der Waals surface area contributed by atoms with Crippen molar-refractivity contribution in [3.05, 3.63) is 70.1 Å². The van der Waals surface area contributed by atoms with Gasteiger partial charge in [0, 0.05) is 22.7 Å². The predicted molar refractivity (Wildman–Crippen MR) is 131 cm³/mol. The number of hydrogen-bond acceptors (Lipinski definition) is 6. The second-order valence-electron chi connectivity index (χ2n) is 9.00. The highest BCUT2D eigenvalue weighted by Gasteiger charge is 2.23. The summed E-state index contributed by atoms with van der Waals surface area (Å²) in [6, 6.07) is 7.96. The number of ketones is 1. The van der Waals surface area contributed by atoms with E-state index in [2.05, 4.69) is 20.7 Å². The molecule has 2 rings (SSSR count). The Morgan fingerprint density at radius 2 is 1.76 bits per heavy atom. The molecule has 2 aromatic rings. The third-order valence-corrected chi connectivity index (χ3v) is 4.83. The number of nitrogens with one attached hydrogen (secondary N) is 2. The zero-order valence-electron chi connectivity index (χ0n) is 20.8. The third kappa shape index (κ3) is 10.1. The molecule has 10 nitrogen and oxygen atoms in total. The van der Waals surface area contributed by atoms with Crippen molar-refractivity contribution in [2.45, 2.75) is 51.7 Å². The molecule has 1 atom stereocenters. The van der Waals surface area contributed by atoms with Crippen LogP contribution in [0.4, 0.5) is 19.3 Å². The van der Waals surface area contributed by atoms with Gasteiger partial charge < -0.3 is 20.1 Å². The first-order chi connectivity index (χ1) is 17.5. The van der Waals surface area contributed by atoms with Gasteiger partial charge in [-0.15, -0.1) is 0 Å². The molecule has 0 spiro atoms. The maximum absolute atomic E-state index is 13.9. The summed E-state index contributed by atoms with van der Waals surface area (Å²) in [5.74, 6) is -3.84. The number of nitrogens with zero attached hydrogens (tertiary/aromatic N) is 3. The molecule has 0 aliphatic heterocycles. The van der Waals surface area contributed by atoms with Gasteiger partial charge in [-0.05, 0) is 69.8 Å². The molecule has 12 heteroatoms. The van der Waals surface area contributed by atoms with Crippen molar-refractivity contribution in [3.63, 3.8) is 0 Å². The molecule has 2 aromatic carbocycles. The molecule has 0 saturated heterocycles. The Labute approximate surface area is 213 Å². The number of alkyl carbamates (subject to hydrolysis) is 1. The molecule has 0 bridgehead atoms. The van der Waals surface area contributed by atoms with Crippen LogP contribution in [0.2, 0.25) is 0 Å². The van der Waals surface area contributed by atoms with Crippen LogP contribution in [0.3, 0.4) is 0 Å². The van der Waals surface area contributed by atoms with Crippen LogP contribution in [-0.4, -0.2) is 42.6 Å². The van der Waals surface area contributed by atoms with E-state index >= 15 is 0 Å². The normalized spacial score (nSPS) is 11.6. The number of para-hydroxylation sites is 1. The number of benzene rings is 2. The van der Waals surface area contributed by atoms with E-state index in [0.29, 0.717) is 12.8 Å². The standard InChI is InChI=1S/C25H29F2N5O5/c1-25(2,3)37-24(35)29-13-5-4-12-20(21(33)15-36-22-18(26)10-7-11-19(22)27)30-23(34)16-8-6-9-17(14-16)31-32-28/h6-11,14,20H,4-5,12-13,15H2,1-3H3,(H,29,35)(H,30,34)/t20-/m0/s1. The highest BCUT2D eigenvalue weighted by atomic mass is 19.1. The second-order valence-corrected chi connectivity index (χ2v) is 9.00. The molecule has 2 amide bonds. The Morgan fingerprint density at radius 1 is 1.08 bits per heavy atom. The van der Waals surface area contributed by atoms with E-state index in [9.17, 15) is 23.2 Å². The fraction of sp³-hybridized carbons (Fsp3) is 0.400. The quantitative estimate of drug-likeness (QED) is 0.169. The number of rotatable bonds is 12. The van der Waals surface area contributed by atoms with Crippen LogP contribution in [-0.2, 0) is 9.53 Å². The van der Waals surface area contributed by atoms with Crippen molar-refractivity contribution in [3.8, 4) is 5.75 Å². The number of ether oxygens (including phenoxy) is 2. The van der Waals surface area contributed by atoms with Gasteiger partial charge in [-0.2, -0.15) is 0 Å². The first-order valence-corrected chi connectivity index (χ1v) is 11.5. The largest absolute Gasteiger partial charge is 0.480 e. The zero-order chi connectivity index (χ0) is 27.4. The second kappa shape index (κ2) is 13.8. The van der Waals surface area contributed by atoms with E-state index in [-0.39, 0.29) is 24.2 Å². The monoisotopic (exact) mass is 517 g/mol. The molecule has 0 aromatic heterocycles. The average molecular weight is 518 g/mol. The zero-order valence-corrected chi connectivity index (χ0v) is 20.8. The molecular formula is C25H29F2N5O5. The Kier molecular flexibility index (Phi) is 10.8. The Bertz CT molecular complexity index is 1140. The maximum atomic E-state index is 13.9. The van der Waals surface area contributed by atoms with Gasteiger partial charge in [-0.3, -0.25) is 9.59 Å². The van der Waals surface area contributed by atoms with Gasteiger partial charge in [0.25, 0.3) is 5.91 Å². The molecule has 0 unspecified atom stereocenters. The summed E-state index contributed by atoms with van der Waals surface area (Å²) in [5.41, 5.74) is 8.32. The van der Waals surface area contributed by atoms with Crippen molar-refractivity contribution in [2.24, 2.45) is 5.11 Å². The fourth-order valence-corrected chi connectivity index (χ4v) is 3.16. The van der Waals surface area contributed by atoms with Crippen LogP contribution in [0.1, 0.15) is 50.4 Å². The summed E-state index contributed by atoms with van der Waals surface area (Å²) in [5, 5.41) is 8.65. The highest BCUT2D eigenvalue weighted by Crippen LogP contribution is 2.21. The van der Waals surface area contributed by atoms with Gasteiger partial charge in [0.2, 0.25) is 0 Å². The fourth-order valence-electron chi connectivity index (χ4n) is 3.16. The van der Waals surface area contributed by atoms with Gasteiger partial charge in [0.1, 0.15) is 12.2 Å². The summed E-state index contributed by atoms with van der Waals surface area (Å²) in [6.45, 7) is 4.81. The number of azide groups is 1. The maximum Gasteiger partial charge on any atom is 0.407 e. The molecule has 0 aliphatic rings. The van der Waals surface area contributed by atoms with Crippen LogP contribution in [0.25, 0.3) is 10.4 Å². The summed E-state index contributed by atoms with van der Waals surface area (Å²) in [6.07, 6.45) is 0.473. The summed E-state index contributed by atoms with van der Waals surface area (Å²) < 4.78 is 38.0. The molecule has 0 radical (unpaired) electrons. The number of unbranched alkanes of at least 4 members (excludes halogenated alkanes) is 1. The van der Waals surface area contributed by atoms with Crippen LogP contribution >= 0.6 is 0 Å². The lowest BCUT2D eigenvalue weighted by Crippen LogP contribution is -2.43. The Balaban J connectivity index is 2.03. The first-order valence-electron chi connectivity index (χ1n) is 11.5. The van der Waals surface area contributed by atoms with Crippen LogP contribution in [0, 0.1) is 11.6 Å². The molecule has 0 aliphatic carbocycles. The number of carbonyl (C=O) groups excluding carboxylic acids is 3. The molecule has 37 heavy (non-hydrogen) atoms. The van der Waals surface area contributed by atoms with E-state index in [4.69, 9.17) is 15.0 Å². The number of carbonyl (C=O) groups is 3. The van der Waals surface area contributed by atoms with Crippen molar-refractivity contribution < 1.29 is 32.6 Å². The van der Waals surface area contributed by atoms with Gasteiger partial charge in [-0.1, -0.05) is 23.3 Å². The van der Waals surface area contributed by atoms with Crippen LogP contribution in [0.15, 0.2) is 47.6 Å². The van der Waals surface area contributed by atoms with Crippen molar-refractivity contribution in [1.29, 1.82) is 0 Å². The molecule has 0 fully saturated rings. The Morgan fingerprint density at radius 3 is 2.41 bits per heavy atom. The lowest BCUT2D eigenvalue weighted by molar-refractivity contribution is -0.123. The molecular weight excluding hydrogens is 488 g/mol. The summed E-state index contributed by atoms with van der Waals surface area (Å²) in [7, 11) is 0. The van der Waals surface area contributed by atoms with Crippen LogP contribution < -0.4 is 15.4 Å². The van der Waals surface area contributed by atoms with Gasteiger partial charge in [0.15, 0.2) is 23.2 Å². The molecule has 0 saturated carbocycles. The molecule has 0 heterocycles. The molecule has 198 valence electrons. The highest BCUT2D eigenvalue weighted by molar-refractivity contribution is 5.98. The van der Waals surface area contributed by atoms with Crippen molar-refractivity contribution in [1.82, 2.24) is 10.6 Å². The average Bonchev–Trinajstić information content (AvgIpc) is 2.81. The van der Waals surface area contributed by atoms with E-state index in [1.807, 2.05) is 0 Å². The number of hydrogen-bond donors (Lipinski definition) is 2. The van der Waals surface area contributed by atoms with Gasteiger partial charge >= 0.3 is 6.09 Å². The Hall–Kier alpha value is -4.18. The summed E-state index contributed by atoms with van der Waals surface area (Å²) in [4.78, 5) is 40.1. The predicted octanol–water partition coefficient (Wildman–Crippen LogP) is 5.35. The number of Topliss-reactive ketones (excluding diaryl/α,β-unsaturated/α-hetero) is 1. The van der Waals surface area contributed by atoms with Crippen molar-refractivity contribution in [2.75, 3.05) is 13.2 Å².